The zero-order valence-electron chi connectivity index (χ0n) is 15.0. The molecule has 0 aliphatic heterocycles. The number of hydrogen-bond donors (Lipinski definition) is 3. The molecule has 5 N–H and O–H groups in total. The summed E-state index contributed by atoms with van der Waals surface area (Å²) in [5.74, 6) is -1.69. The number of nitrogens with one attached hydrogen (secondary N) is 1. The van der Waals surface area contributed by atoms with Crippen LogP contribution in [-0.4, -0.2) is 35.5 Å². The number of nitrogens with two attached hydrogens (primary N) is 2. The minimum Gasteiger partial charge on any atom is -0.368 e. The van der Waals surface area contributed by atoms with E-state index in [0.717, 1.165) is 11.1 Å². The molecular weight excluding hydrogens is 320 g/mol. The van der Waals surface area contributed by atoms with Crippen LogP contribution in [0.3, 0.4) is 0 Å². The van der Waals surface area contributed by atoms with E-state index in [4.69, 9.17) is 11.5 Å². The minimum absolute atomic E-state index is 0.0527. The maximum absolute atomic E-state index is 12.4. The highest BCUT2D eigenvalue weighted by molar-refractivity contribution is 6.40. The standard InChI is InChI=1S/C18H26N4O3/c1-12-6-8-13(9-7-12)11-15(23)21-14(5-4-10-19)16(24)22-18(2,3)17(20)25/h6-9H,4-5,10-11,19H2,1-3H3,(H2,20,25)(H,22,24). The number of primary amides is 1. The van der Waals surface area contributed by atoms with Crippen LogP contribution in [-0.2, 0) is 20.8 Å². The van der Waals surface area contributed by atoms with Gasteiger partial charge >= 0.3 is 0 Å². The van der Waals surface area contributed by atoms with Crippen molar-refractivity contribution in [2.24, 2.45) is 16.5 Å². The molecule has 7 heteroatoms. The molecule has 1 aromatic rings. The number of aliphatic imine (C=N–C) groups is 1. The molecule has 7 nitrogen and oxygen atoms in total. The van der Waals surface area contributed by atoms with Gasteiger partial charge in [-0.3, -0.25) is 14.4 Å². The van der Waals surface area contributed by atoms with Gasteiger partial charge in [0.25, 0.3) is 11.8 Å². The van der Waals surface area contributed by atoms with Gasteiger partial charge in [0.05, 0.1) is 6.42 Å². The van der Waals surface area contributed by atoms with E-state index in [-0.39, 0.29) is 18.6 Å². The summed E-state index contributed by atoms with van der Waals surface area (Å²) >= 11 is 0. The van der Waals surface area contributed by atoms with Gasteiger partial charge in [-0.25, -0.2) is 4.99 Å². The highest BCUT2D eigenvalue weighted by Gasteiger charge is 2.28. The molecule has 0 saturated heterocycles. The van der Waals surface area contributed by atoms with E-state index in [1.165, 1.54) is 13.8 Å². The molecule has 0 aliphatic carbocycles. The summed E-state index contributed by atoms with van der Waals surface area (Å²) < 4.78 is 0. The lowest BCUT2D eigenvalue weighted by molar-refractivity contribution is -0.127. The van der Waals surface area contributed by atoms with Crippen LogP contribution in [0.5, 0.6) is 0 Å². The first kappa shape index (κ1) is 20.5. The molecule has 0 bridgehead atoms. The summed E-state index contributed by atoms with van der Waals surface area (Å²) in [4.78, 5) is 39.8. The molecule has 0 spiro atoms. The predicted molar refractivity (Wildman–Crippen MR) is 97.0 cm³/mol. The highest BCUT2D eigenvalue weighted by atomic mass is 16.2. The van der Waals surface area contributed by atoms with E-state index < -0.39 is 23.3 Å². The van der Waals surface area contributed by atoms with Crippen molar-refractivity contribution in [3.63, 3.8) is 0 Å². The summed E-state index contributed by atoms with van der Waals surface area (Å²) in [7, 11) is 0. The van der Waals surface area contributed by atoms with Crippen molar-refractivity contribution < 1.29 is 14.4 Å². The Morgan fingerprint density at radius 3 is 2.28 bits per heavy atom. The Labute approximate surface area is 147 Å². The van der Waals surface area contributed by atoms with Gasteiger partial charge in [0.1, 0.15) is 11.3 Å². The van der Waals surface area contributed by atoms with E-state index in [9.17, 15) is 14.4 Å². The van der Waals surface area contributed by atoms with Crippen LogP contribution in [0, 0.1) is 6.92 Å². The van der Waals surface area contributed by atoms with E-state index >= 15 is 0 Å². The maximum atomic E-state index is 12.4. The molecule has 3 amide bonds. The van der Waals surface area contributed by atoms with Gasteiger partial charge in [-0.15, -0.1) is 0 Å². The van der Waals surface area contributed by atoms with Crippen molar-refractivity contribution in [1.29, 1.82) is 0 Å². The van der Waals surface area contributed by atoms with Gasteiger partial charge in [-0.05, 0) is 45.7 Å². The number of rotatable bonds is 8. The molecule has 0 heterocycles. The number of nitrogens with zero attached hydrogens (tertiary/aromatic N) is 1. The Hall–Kier alpha value is -2.54. The van der Waals surface area contributed by atoms with Gasteiger partial charge in [0.15, 0.2) is 0 Å². The fraction of sp³-hybridized carbons (Fsp3) is 0.444. The average molecular weight is 346 g/mol. The van der Waals surface area contributed by atoms with Crippen molar-refractivity contribution in [2.75, 3.05) is 6.54 Å². The Bertz CT molecular complexity index is 663. The average Bonchev–Trinajstić information content (AvgIpc) is 2.53. The van der Waals surface area contributed by atoms with Gasteiger partial charge in [-0.2, -0.15) is 0 Å². The molecule has 0 unspecified atom stereocenters. The number of benzene rings is 1. The zero-order valence-corrected chi connectivity index (χ0v) is 15.0. The third-order valence-electron chi connectivity index (χ3n) is 3.66. The Morgan fingerprint density at radius 2 is 1.76 bits per heavy atom. The lowest BCUT2D eigenvalue weighted by Gasteiger charge is -2.22. The topological polar surface area (TPSA) is 128 Å². The molecule has 0 saturated carbocycles. The Morgan fingerprint density at radius 1 is 1.16 bits per heavy atom. The first-order chi connectivity index (χ1) is 11.7. The summed E-state index contributed by atoms with van der Waals surface area (Å²) in [6.07, 6.45) is 0.844. The fourth-order valence-electron chi connectivity index (χ4n) is 1.98. The Kier molecular flexibility index (Phi) is 7.44. The molecule has 0 atom stereocenters. The van der Waals surface area contributed by atoms with Crippen molar-refractivity contribution in [2.45, 2.75) is 45.6 Å². The van der Waals surface area contributed by atoms with E-state index in [1.54, 1.807) is 0 Å². The van der Waals surface area contributed by atoms with Crippen LogP contribution in [0.1, 0.15) is 37.8 Å². The second-order valence-electron chi connectivity index (χ2n) is 6.45. The number of carbonyl (C=O) groups excluding carboxylic acids is 3. The smallest absolute Gasteiger partial charge is 0.266 e. The first-order valence-electron chi connectivity index (χ1n) is 8.14. The molecule has 0 aliphatic rings. The molecule has 0 aromatic heterocycles. The van der Waals surface area contributed by atoms with Crippen molar-refractivity contribution in [3.05, 3.63) is 35.4 Å². The number of aryl methyl sites for hydroxylation is 1. The zero-order chi connectivity index (χ0) is 19.0. The lowest BCUT2D eigenvalue weighted by Crippen LogP contribution is -2.54. The SMILES string of the molecule is Cc1ccc(CC(=O)N=C(CCCN)C(=O)NC(C)(C)C(N)=O)cc1. The fourth-order valence-corrected chi connectivity index (χ4v) is 1.98. The molecule has 0 fully saturated rings. The summed E-state index contributed by atoms with van der Waals surface area (Å²) in [6, 6.07) is 7.50. The number of amides is 3. The second-order valence-corrected chi connectivity index (χ2v) is 6.45. The molecule has 0 radical (unpaired) electrons. The van der Waals surface area contributed by atoms with Gasteiger partial charge in [0, 0.05) is 0 Å². The van der Waals surface area contributed by atoms with Crippen LogP contribution in [0.15, 0.2) is 29.3 Å². The molecule has 25 heavy (non-hydrogen) atoms. The first-order valence-corrected chi connectivity index (χ1v) is 8.14. The second kappa shape index (κ2) is 9.08. The molecular formula is C18H26N4O3. The number of carbonyl (C=O) groups is 3. The van der Waals surface area contributed by atoms with Gasteiger partial charge in [-0.1, -0.05) is 29.8 Å². The quantitative estimate of drug-likeness (QED) is 0.596. The van der Waals surface area contributed by atoms with E-state index in [1.807, 2.05) is 31.2 Å². The van der Waals surface area contributed by atoms with E-state index in [0.29, 0.717) is 13.0 Å². The highest BCUT2D eigenvalue weighted by Crippen LogP contribution is 2.06. The molecule has 1 rings (SSSR count). The Balaban J connectivity index is 2.90. The monoisotopic (exact) mass is 346 g/mol. The third-order valence-corrected chi connectivity index (χ3v) is 3.66. The largest absolute Gasteiger partial charge is 0.368 e. The summed E-state index contributed by atoms with van der Waals surface area (Å²) in [5, 5.41) is 2.50. The normalized spacial score (nSPS) is 11.9. The minimum atomic E-state index is -1.24. The predicted octanol–water partition coefficient (Wildman–Crippen LogP) is 0.624. The number of hydrogen-bond acceptors (Lipinski definition) is 4. The lowest BCUT2D eigenvalue weighted by atomic mass is 10.0. The maximum Gasteiger partial charge on any atom is 0.266 e. The van der Waals surface area contributed by atoms with Gasteiger partial charge in [0.2, 0.25) is 5.91 Å². The van der Waals surface area contributed by atoms with Crippen molar-refractivity contribution >= 4 is 23.4 Å². The molecule has 1 aromatic carbocycles. The van der Waals surface area contributed by atoms with Crippen LogP contribution in [0.25, 0.3) is 0 Å². The van der Waals surface area contributed by atoms with Crippen LogP contribution < -0.4 is 16.8 Å². The van der Waals surface area contributed by atoms with Gasteiger partial charge < -0.3 is 16.8 Å². The van der Waals surface area contributed by atoms with E-state index in [2.05, 4.69) is 10.3 Å². The van der Waals surface area contributed by atoms with Crippen molar-refractivity contribution in [1.82, 2.24) is 5.32 Å². The van der Waals surface area contributed by atoms with Crippen LogP contribution >= 0.6 is 0 Å². The third kappa shape index (κ3) is 6.84. The van der Waals surface area contributed by atoms with Crippen molar-refractivity contribution in [3.8, 4) is 0 Å². The summed E-state index contributed by atoms with van der Waals surface area (Å²) in [6.45, 7) is 5.29. The van der Waals surface area contributed by atoms with Crippen LogP contribution in [0.2, 0.25) is 0 Å². The molecule has 136 valence electrons. The van der Waals surface area contributed by atoms with Crippen LogP contribution in [0.4, 0.5) is 0 Å². The summed E-state index contributed by atoms with van der Waals surface area (Å²) in [5.41, 5.74) is 11.5.